The molecule has 2 aromatic rings. The molecule has 0 unspecified atom stereocenters. The van der Waals surface area contributed by atoms with Crippen molar-refractivity contribution in [1.82, 2.24) is 10.3 Å². The highest BCUT2D eigenvalue weighted by Crippen LogP contribution is 2.30. The number of nitrogens with zero attached hydrogens (tertiary/aromatic N) is 2. The first-order valence-corrected chi connectivity index (χ1v) is 9.57. The first-order valence-electron chi connectivity index (χ1n) is 9.57. The van der Waals surface area contributed by atoms with E-state index >= 15 is 0 Å². The Balaban J connectivity index is 1.45. The van der Waals surface area contributed by atoms with Crippen LogP contribution in [0.5, 0.6) is 5.75 Å². The van der Waals surface area contributed by atoms with Gasteiger partial charge in [0.25, 0.3) is 5.91 Å². The SMILES string of the molecule is CC(C)Oc1cccc(NC(=O)c2cncc(N3C[C@H]4CNC[C@H]4C3)c2)c1. The maximum Gasteiger partial charge on any atom is 0.257 e. The molecule has 0 radical (unpaired) electrons. The van der Waals surface area contributed by atoms with Gasteiger partial charge in [-0.2, -0.15) is 0 Å². The van der Waals surface area contributed by atoms with Crippen molar-refractivity contribution in [3.05, 3.63) is 48.3 Å². The van der Waals surface area contributed by atoms with E-state index in [1.165, 1.54) is 0 Å². The third kappa shape index (κ3) is 4.06. The van der Waals surface area contributed by atoms with E-state index in [9.17, 15) is 4.79 Å². The number of benzene rings is 1. The minimum atomic E-state index is -0.160. The van der Waals surface area contributed by atoms with Gasteiger partial charge in [0.1, 0.15) is 5.75 Å². The minimum Gasteiger partial charge on any atom is -0.491 e. The standard InChI is InChI=1S/C21H26N4O2/c1-14(2)27-20-5-3-4-18(7-20)24-21(26)15-6-19(11-23-8-15)25-12-16-9-22-10-17(16)13-25/h3-8,11,14,16-17,22H,9-10,12-13H2,1-2H3,(H,24,26)/t16-,17+. The molecule has 3 heterocycles. The Morgan fingerprint density at radius 3 is 2.74 bits per heavy atom. The lowest BCUT2D eigenvalue weighted by molar-refractivity contribution is 0.102. The van der Waals surface area contributed by atoms with Gasteiger partial charge in [0, 0.05) is 44.1 Å². The predicted molar refractivity (Wildman–Crippen MR) is 106 cm³/mol. The average molecular weight is 366 g/mol. The number of anilines is 2. The molecule has 0 saturated carbocycles. The second kappa shape index (κ2) is 7.56. The Kier molecular flexibility index (Phi) is 4.99. The third-order valence-electron chi connectivity index (χ3n) is 5.20. The van der Waals surface area contributed by atoms with Crippen LogP contribution < -0.4 is 20.3 Å². The Morgan fingerprint density at radius 2 is 2.00 bits per heavy atom. The Morgan fingerprint density at radius 1 is 1.22 bits per heavy atom. The van der Waals surface area contributed by atoms with Crippen LogP contribution in [-0.4, -0.2) is 43.2 Å². The lowest BCUT2D eigenvalue weighted by Crippen LogP contribution is -2.26. The molecule has 2 atom stereocenters. The van der Waals surface area contributed by atoms with Crippen LogP contribution in [0.2, 0.25) is 0 Å². The van der Waals surface area contributed by atoms with Gasteiger partial charge < -0.3 is 20.3 Å². The summed E-state index contributed by atoms with van der Waals surface area (Å²) in [4.78, 5) is 19.3. The fraction of sp³-hybridized carbons (Fsp3) is 0.429. The van der Waals surface area contributed by atoms with Crippen LogP contribution in [0.4, 0.5) is 11.4 Å². The zero-order chi connectivity index (χ0) is 18.8. The number of carbonyl (C=O) groups excluding carboxylic acids is 1. The van der Waals surface area contributed by atoms with Crippen molar-refractivity contribution in [3.8, 4) is 5.75 Å². The molecule has 0 aliphatic carbocycles. The van der Waals surface area contributed by atoms with Crippen molar-refractivity contribution in [1.29, 1.82) is 0 Å². The molecule has 4 rings (SSSR count). The lowest BCUT2D eigenvalue weighted by atomic mass is 10.0. The molecule has 1 aromatic carbocycles. The molecule has 6 heteroatoms. The summed E-state index contributed by atoms with van der Waals surface area (Å²) in [5.74, 6) is 1.98. The number of pyridine rings is 1. The van der Waals surface area contributed by atoms with E-state index < -0.39 is 0 Å². The molecule has 0 bridgehead atoms. The number of hydrogen-bond acceptors (Lipinski definition) is 5. The topological polar surface area (TPSA) is 66.5 Å². The van der Waals surface area contributed by atoms with E-state index in [-0.39, 0.29) is 12.0 Å². The Labute approximate surface area is 159 Å². The smallest absolute Gasteiger partial charge is 0.257 e. The number of fused-ring (bicyclic) bond motifs is 1. The van der Waals surface area contributed by atoms with E-state index in [2.05, 4.69) is 20.5 Å². The number of hydrogen-bond donors (Lipinski definition) is 2. The van der Waals surface area contributed by atoms with Gasteiger partial charge in [0.15, 0.2) is 0 Å². The molecule has 2 N–H and O–H groups in total. The molecule has 0 spiro atoms. The molecule has 1 amide bonds. The molecule has 142 valence electrons. The third-order valence-corrected chi connectivity index (χ3v) is 5.20. The highest BCUT2D eigenvalue weighted by atomic mass is 16.5. The zero-order valence-electron chi connectivity index (χ0n) is 15.8. The summed E-state index contributed by atoms with van der Waals surface area (Å²) in [6, 6.07) is 9.39. The summed E-state index contributed by atoms with van der Waals surface area (Å²) in [7, 11) is 0. The number of nitrogens with one attached hydrogen (secondary N) is 2. The van der Waals surface area contributed by atoms with Crippen LogP contribution in [0.15, 0.2) is 42.7 Å². The lowest BCUT2D eigenvalue weighted by Gasteiger charge is -2.20. The first kappa shape index (κ1) is 17.8. The highest BCUT2D eigenvalue weighted by Gasteiger charge is 2.36. The summed E-state index contributed by atoms with van der Waals surface area (Å²) in [5.41, 5.74) is 2.30. The quantitative estimate of drug-likeness (QED) is 0.852. The van der Waals surface area contributed by atoms with Gasteiger partial charge in [-0.3, -0.25) is 9.78 Å². The van der Waals surface area contributed by atoms with E-state index in [0.717, 1.165) is 37.6 Å². The van der Waals surface area contributed by atoms with Crippen molar-refractivity contribution in [2.24, 2.45) is 11.8 Å². The van der Waals surface area contributed by atoms with Crippen LogP contribution in [0.1, 0.15) is 24.2 Å². The van der Waals surface area contributed by atoms with Gasteiger partial charge in [-0.05, 0) is 43.9 Å². The number of carbonyl (C=O) groups is 1. The van der Waals surface area contributed by atoms with Crippen molar-refractivity contribution < 1.29 is 9.53 Å². The molecule has 27 heavy (non-hydrogen) atoms. The predicted octanol–water partition coefficient (Wildman–Crippen LogP) is 2.78. The van der Waals surface area contributed by atoms with Gasteiger partial charge in [-0.25, -0.2) is 0 Å². The molecular weight excluding hydrogens is 340 g/mol. The number of rotatable bonds is 5. The Hall–Kier alpha value is -2.60. The van der Waals surface area contributed by atoms with Gasteiger partial charge >= 0.3 is 0 Å². The van der Waals surface area contributed by atoms with Crippen molar-refractivity contribution in [3.63, 3.8) is 0 Å². The summed E-state index contributed by atoms with van der Waals surface area (Å²) >= 11 is 0. The summed E-state index contributed by atoms with van der Waals surface area (Å²) in [6.07, 6.45) is 3.56. The molecular formula is C21H26N4O2. The fourth-order valence-electron chi connectivity index (χ4n) is 3.91. The number of amides is 1. The highest BCUT2D eigenvalue weighted by molar-refractivity contribution is 6.04. The summed E-state index contributed by atoms with van der Waals surface area (Å²) in [6.45, 7) is 8.18. The van der Waals surface area contributed by atoms with Gasteiger partial charge in [0.2, 0.25) is 0 Å². The van der Waals surface area contributed by atoms with Crippen molar-refractivity contribution in [2.75, 3.05) is 36.4 Å². The van der Waals surface area contributed by atoms with Gasteiger partial charge in [-0.1, -0.05) is 6.07 Å². The van der Waals surface area contributed by atoms with E-state index in [1.54, 1.807) is 6.20 Å². The minimum absolute atomic E-state index is 0.0898. The summed E-state index contributed by atoms with van der Waals surface area (Å²) < 4.78 is 5.69. The maximum absolute atomic E-state index is 12.7. The van der Waals surface area contributed by atoms with E-state index in [4.69, 9.17) is 4.74 Å². The van der Waals surface area contributed by atoms with Crippen LogP contribution in [0.25, 0.3) is 0 Å². The largest absolute Gasteiger partial charge is 0.491 e. The molecule has 1 aromatic heterocycles. The van der Waals surface area contributed by atoms with Crippen molar-refractivity contribution in [2.45, 2.75) is 20.0 Å². The van der Waals surface area contributed by atoms with Crippen LogP contribution in [-0.2, 0) is 0 Å². The summed E-state index contributed by atoms with van der Waals surface area (Å²) in [5, 5.41) is 6.39. The van der Waals surface area contributed by atoms with Gasteiger partial charge in [-0.15, -0.1) is 0 Å². The number of aromatic nitrogens is 1. The fourth-order valence-corrected chi connectivity index (χ4v) is 3.91. The molecule has 2 aliphatic heterocycles. The average Bonchev–Trinajstić information content (AvgIpc) is 3.23. The molecule has 2 saturated heterocycles. The molecule has 2 aliphatic rings. The Bertz CT molecular complexity index is 811. The van der Waals surface area contributed by atoms with Crippen LogP contribution >= 0.6 is 0 Å². The van der Waals surface area contributed by atoms with E-state index in [1.807, 2.05) is 50.4 Å². The normalized spacial score (nSPS) is 21.4. The number of ether oxygens (including phenoxy) is 1. The monoisotopic (exact) mass is 366 g/mol. The van der Waals surface area contributed by atoms with E-state index in [0.29, 0.717) is 23.1 Å². The van der Waals surface area contributed by atoms with Crippen LogP contribution in [0, 0.1) is 11.8 Å². The first-order chi connectivity index (χ1) is 13.1. The molecule has 6 nitrogen and oxygen atoms in total. The molecule has 2 fully saturated rings. The second-order valence-corrected chi connectivity index (χ2v) is 7.66. The van der Waals surface area contributed by atoms with Crippen LogP contribution in [0.3, 0.4) is 0 Å². The van der Waals surface area contributed by atoms with Gasteiger partial charge in [0.05, 0.1) is 23.6 Å². The maximum atomic E-state index is 12.7. The zero-order valence-corrected chi connectivity index (χ0v) is 15.8. The second-order valence-electron chi connectivity index (χ2n) is 7.66. The van der Waals surface area contributed by atoms with Crippen molar-refractivity contribution >= 4 is 17.3 Å².